The van der Waals surface area contributed by atoms with Crippen LogP contribution in [-0.2, 0) is 17.8 Å². The molecule has 1 aromatic heterocycles. The molecule has 2 heterocycles. The van der Waals surface area contributed by atoms with Crippen molar-refractivity contribution in [3.8, 4) is 5.69 Å². The Hall–Kier alpha value is -1.59. The number of aromatic nitrogens is 2. The Morgan fingerprint density at radius 2 is 2.28 bits per heavy atom. The number of anilines is 1. The van der Waals surface area contributed by atoms with Crippen LogP contribution in [-0.4, -0.2) is 16.4 Å². The summed E-state index contributed by atoms with van der Waals surface area (Å²) >= 11 is 5.74. The van der Waals surface area contributed by atoms with Crippen LogP contribution in [0.2, 0.25) is 5.02 Å². The van der Waals surface area contributed by atoms with Crippen molar-refractivity contribution in [2.75, 3.05) is 12.3 Å². The predicted octanol–water partition coefficient (Wildman–Crippen LogP) is 2.32. The lowest BCUT2D eigenvalue weighted by molar-refractivity contribution is 0.110. The van der Waals surface area contributed by atoms with Gasteiger partial charge in [0.2, 0.25) is 0 Å². The van der Waals surface area contributed by atoms with E-state index >= 15 is 0 Å². The first-order valence-electron chi connectivity index (χ1n) is 5.56. The zero-order chi connectivity index (χ0) is 12.7. The summed E-state index contributed by atoms with van der Waals surface area (Å²) in [5.41, 5.74) is 7.92. The molecule has 0 atom stereocenters. The zero-order valence-corrected chi connectivity index (χ0v) is 10.2. The summed E-state index contributed by atoms with van der Waals surface area (Å²) in [5.74, 6) is -0.0293. The third-order valence-corrected chi connectivity index (χ3v) is 3.22. The molecule has 0 saturated carbocycles. The molecule has 0 fully saturated rings. The average Bonchev–Trinajstić information content (AvgIpc) is 2.68. The second kappa shape index (κ2) is 4.26. The van der Waals surface area contributed by atoms with Crippen LogP contribution < -0.4 is 5.73 Å². The predicted molar refractivity (Wildman–Crippen MR) is 66.3 cm³/mol. The Labute approximate surface area is 108 Å². The molecule has 2 N–H and O–H groups in total. The van der Waals surface area contributed by atoms with E-state index in [9.17, 15) is 4.39 Å². The third kappa shape index (κ3) is 1.76. The molecule has 0 unspecified atom stereocenters. The van der Waals surface area contributed by atoms with Gasteiger partial charge in [-0.2, -0.15) is 0 Å². The number of hydrogen-bond donors (Lipinski definition) is 1. The van der Waals surface area contributed by atoms with Crippen LogP contribution in [0.15, 0.2) is 18.2 Å². The number of ether oxygens (including phenoxy) is 1. The minimum absolute atomic E-state index is 0.355. The molecule has 0 saturated heterocycles. The van der Waals surface area contributed by atoms with Crippen LogP contribution in [0.1, 0.15) is 11.3 Å². The van der Waals surface area contributed by atoms with Gasteiger partial charge in [-0.25, -0.2) is 9.07 Å². The van der Waals surface area contributed by atoms with E-state index in [1.165, 1.54) is 6.07 Å². The minimum atomic E-state index is -0.417. The van der Waals surface area contributed by atoms with Gasteiger partial charge in [0.1, 0.15) is 11.5 Å². The first kappa shape index (κ1) is 11.5. The molecule has 94 valence electrons. The van der Waals surface area contributed by atoms with Gasteiger partial charge in [-0.15, -0.1) is 5.10 Å². The highest BCUT2D eigenvalue weighted by molar-refractivity contribution is 6.30. The number of nitrogens with two attached hydrogens (primary N) is 1. The van der Waals surface area contributed by atoms with Crippen molar-refractivity contribution in [2.24, 2.45) is 0 Å². The van der Waals surface area contributed by atoms with Gasteiger partial charge in [0, 0.05) is 17.0 Å². The maximum absolute atomic E-state index is 13.9. The second-order valence-electron chi connectivity index (χ2n) is 4.12. The van der Waals surface area contributed by atoms with Crippen molar-refractivity contribution >= 4 is 17.4 Å². The van der Waals surface area contributed by atoms with Gasteiger partial charge in [0.05, 0.1) is 18.9 Å². The van der Waals surface area contributed by atoms with Crippen molar-refractivity contribution in [3.63, 3.8) is 0 Å². The number of halogens is 2. The van der Waals surface area contributed by atoms with Gasteiger partial charge < -0.3 is 10.5 Å². The topological polar surface area (TPSA) is 53.1 Å². The highest BCUT2D eigenvalue weighted by atomic mass is 35.5. The fourth-order valence-corrected chi connectivity index (χ4v) is 2.27. The summed E-state index contributed by atoms with van der Waals surface area (Å²) in [7, 11) is 0. The standard InChI is InChI=1S/C12H11ClFN3O/c13-7-1-2-11(9(14)5-7)17-10-3-4-18-6-8(10)12(15)16-17/h1-2,5H,3-4,6H2,(H2,15,16). The molecule has 6 heteroatoms. The Kier molecular flexibility index (Phi) is 2.72. The van der Waals surface area contributed by atoms with Crippen molar-refractivity contribution < 1.29 is 9.13 Å². The van der Waals surface area contributed by atoms with E-state index in [2.05, 4.69) is 5.10 Å². The van der Waals surface area contributed by atoms with E-state index in [-0.39, 0.29) is 0 Å². The van der Waals surface area contributed by atoms with Crippen LogP contribution >= 0.6 is 11.6 Å². The van der Waals surface area contributed by atoms with Crippen LogP contribution in [0.5, 0.6) is 0 Å². The van der Waals surface area contributed by atoms with E-state index < -0.39 is 5.82 Å². The van der Waals surface area contributed by atoms with E-state index in [1.807, 2.05) is 0 Å². The monoisotopic (exact) mass is 267 g/mol. The van der Waals surface area contributed by atoms with Crippen LogP contribution in [0, 0.1) is 5.82 Å². The minimum Gasteiger partial charge on any atom is -0.382 e. The quantitative estimate of drug-likeness (QED) is 0.863. The first-order chi connectivity index (χ1) is 8.66. The zero-order valence-electron chi connectivity index (χ0n) is 9.49. The summed E-state index contributed by atoms with van der Waals surface area (Å²) < 4.78 is 20.8. The first-order valence-corrected chi connectivity index (χ1v) is 5.94. The van der Waals surface area contributed by atoms with Gasteiger partial charge >= 0.3 is 0 Å². The molecule has 2 aromatic rings. The Morgan fingerprint density at radius 3 is 3.06 bits per heavy atom. The normalized spacial score (nSPS) is 14.6. The molecule has 1 aromatic carbocycles. The highest BCUT2D eigenvalue weighted by Gasteiger charge is 2.21. The molecule has 1 aliphatic rings. The lowest BCUT2D eigenvalue weighted by Gasteiger charge is -2.14. The fourth-order valence-electron chi connectivity index (χ4n) is 2.11. The van der Waals surface area contributed by atoms with E-state index in [4.69, 9.17) is 22.1 Å². The SMILES string of the molecule is Nc1nn(-c2ccc(Cl)cc2F)c2c1COCC2. The number of fused-ring (bicyclic) bond motifs is 1. The van der Waals surface area contributed by atoms with Crippen molar-refractivity contribution in [3.05, 3.63) is 40.3 Å². The van der Waals surface area contributed by atoms with Crippen molar-refractivity contribution in [1.29, 1.82) is 0 Å². The van der Waals surface area contributed by atoms with Gasteiger partial charge in [0.15, 0.2) is 5.82 Å². The lowest BCUT2D eigenvalue weighted by Crippen LogP contribution is -2.13. The summed E-state index contributed by atoms with van der Waals surface area (Å²) in [6, 6.07) is 4.49. The molecule has 0 amide bonds. The second-order valence-corrected chi connectivity index (χ2v) is 4.56. The van der Waals surface area contributed by atoms with Gasteiger partial charge in [-0.3, -0.25) is 0 Å². The van der Waals surface area contributed by atoms with Gasteiger partial charge in [-0.05, 0) is 18.2 Å². The molecule has 0 bridgehead atoms. The summed E-state index contributed by atoms with van der Waals surface area (Å²) in [6.45, 7) is 1.02. The third-order valence-electron chi connectivity index (χ3n) is 2.99. The highest BCUT2D eigenvalue weighted by Crippen LogP contribution is 2.27. The molecular weight excluding hydrogens is 257 g/mol. The summed E-state index contributed by atoms with van der Waals surface area (Å²) in [5, 5.41) is 4.54. The van der Waals surface area contributed by atoms with Gasteiger partial charge in [0.25, 0.3) is 0 Å². The molecule has 1 aliphatic heterocycles. The molecule has 0 spiro atoms. The smallest absolute Gasteiger partial charge is 0.151 e. The van der Waals surface area contributed by atoms with Crippen molar-refractivity contribution in [1.82, 2.24) is 9.78 Å². The van der Waals surface area contributed by atoms with Crippen LogP contribution in [0.4, 0.5) is 10.2 Å². The summed E-state index contributed by atoms with van der Waals surface area (Å²) in [4.78, 5) is 0. The van der Waals surface area contributed by atoms with E-state index in [1.54, 1.807) is 16.8 Å². The maximum atomic E-state index is 13.9. The Morgan fingerprint density at radius 1 is 1.44 bits per heavy atom. The molecule has 3 rings (SSSR count). The number of hydrogen-bond acceptors (Lipinski definition) is 3. The molecule has 0 radical (unpaired) electrons. The Balaban J connectivity index is 2.17. The molecule has 0 aliphatic carbocycles. The molecular formula is C12H11ClFN3O. The average molecular weight is 268 g/mol. The summed E-state index contributed by atoms with van der Waals surface area (Å²) in [6.07, 6.45) is 0.668. The van der Waals surface area contributed by atoms with Crippen LogP contribution in [0.3, 0.4) is 0 Å². The van der Waals surface area contributed by atoms with Crippen molar-refractivity contribution in [2.45, 2.75) is 13.0 Å². The van der Waals surface area contributed by atoms with Gasteiger partial charge in [-0.1, -0.05) is 11.6 Å². The van der Waals surface area contributed by atoms with Crippen LogP contribution in [0.25, 0.3) is 5.69 Å². The molecule has 4 nitrogen and oxygen atoms in total. The number of nitrogen functional groups attached to an aromatic ring is 1. The number of benzene rings is 1. The maximum Gasteiger partial charge on any atom is 0.151 e. The number of rotatable bonds is 1. The largest absolute Gasteiger partial charge is 0.382 e. The number of nitrogens with zero attached hydrogens (tertiary/aromatic N) is 2. The molecule has 18 heavy (non-hydrogen) atoms. The Bertz CT molecular complexity index is 612. The van der Waals surface area contributed by atoms with E-state index in [0.29, 0.717) is 36.2 Å². The lowest BCUT2D eigenvalue weighted by atomic mass is 10.1. The fraction of sp³-hybridized carbons (Fsp3) is 0.250. The van der Waals surface area contributed by atoms with E-state index in [0.717, 1.165) is 11.3 Å².